The van der Waals surface area contributed by atoms with Gasteiger partial charge in [-0.2, -0.15) is 0 Å². The van der Waals surface area contributed by atoms with Gasteiger partial charge in [0, 0.05) is 22.7 Å². The molecule has 0 aliphatic carbocycles. The van der Waals surface area contributed by atoms with E-state index in [1.54, 1.807) is 6.20 Å². The number of aromatic amines is 1. The van der Waals surface area contributed by atoms with Crippen LogP contribution in [0.15, 0.2) is 30.5 Å². The normalized spacial score (nSPS) is 15.9. The van der Waals surface area contributed by atoms with E-state index in [9.17, 15) is 0 Å². The summed E-state index contributed by atoms with van der Waals surface area (Å²) in [5.41, 5.74) is 7.40. The molecule has 1 aromatic carbocycles. The Morgan fingerprint density at radius 1 is 1.15 bits per heavy atom. The number of H-pyrrole nitrogens is 1. The minimum Gasteiger partial charge on any atom is -0.354 e. The van der Waals surface area contributed by atoms with E-state index in [0.717, 1.165) is 24.2 Å². The van der Waals surface area contributed by atoms with Gasteiger partial charge in [0.1, 0.15) is 5.15 Å². The number of halogens is 1. The largest absolute Gasteiger partial charge is 0.354 e. The maximum absolute atomic E-state index is 6.29. The molecule has 136 valence electrons. The quantitative estimate of drug-likeness (QED) is 0.576. The van der Waals surface area contributed by atoms with E-state index in [0.29, 0.717) is 17.0 Å². The van der Waals surface area contributed by atoms with Crippen LogP contribution < -0.4 is 5.32 Å². The zero-order valence-electron chi connectivity index (χ0n) is 15.7. The van der Waals surface area contributed by atoms with E-state index in [1.165, 1.54) is 40.6 Å². The lowest BCUT2D eigenvalue weighted by Crippen LogP contribution is -2.26. The molecule has 2 N–H and O–H groups in total. The van der Waals surface area contributed by atoms with E-state index in [-0.39, 0.29) is 0 Å². The average molecular weight is 368 g/mol. The summed E-state index contributed by atoms with van der Waals surface area (Å²) in [5.74, 6) is 1.09. The fourth-order valence-electron chi connectivity index (χ4n) is 4.23. The molecule has 3 nitrogen and oxygen atoms in total. The van der Waals surface area contributed by atoms with Crippen LogP contribution in [0.3, 0.4) is 0 Å². The Labute approximate surface area is 160 Å². The minimum atomic E-state index is 0.424. The van der Waals surface area contributed by atoms with Gasteiger partial charge in [0.15, 0.2) is 0 Å². The van der Waals surface area contributed by atoms with Crippen molar-refractivity contribution in [2.24, 2.45) is 0 Å². The van der Waals surface area contributed by atoms with Crippen LogP contribution >= 0.6 is 11.6 Å². The van der Waals surface area contributed by atoms with Gasteiger partial charge >= 0.3 is 0 Å². The van der Waals surface area contributed by atoms with Gasteiger partial charge in [-0.1, -0.05) is 31.5 Å². The van der Waals surface area contributed by atoms with Crippen molar-refractivity contribution in [2.45, 2.75) is 45.4 Å². The SMILES string of the molecule is Cc1c(-c2[nH]c3ccc(C4CCNCC4)cc3c2C(C)C)ccnc1Cl. The number of pyridine rings is 1. The van der Waals surface area contributed by atoms with E-state index in [2.05, 4.69) is 53.4 Å². The molecule has 0 amide bonds. The highest BCUT2D eigenvalue weighted by Crippen LogP contribution is 2.39. The molecule has 0 unspecified atom stereocenters. The lowest BCUT2D eigenvalue weighted by molar-refractivity contribution is 0.460. The highest BCUT2D eigenvalue weighted by Gasteiger charge is 2.21. The van der Waals surface area contributed by atoms with Crippen molar-refractivity contribution < 1.29 is 0 Å². The number of nitrogens with one attached hydrogen (secondary N) is 2. The van der Waals surface area contributed by atoms with Crippen LogP contribution in [0, 0.1) is 6.92 Å². The second kappa shape index (κ2) is 7.05. The average Bonchev–Trinajstić information content (AvgIpc) is 3.03. The first-order valence-electron chi connectivity index (χ1n) is 9.54. The summed E-state index contributed by atoms with van der Waals surface area (Å²) in [6.45, 7) is 8.81. The van der Waals surface area contributed by atoms with Crippen LogP contribution in [0.2, 0.25) is 5.15 Å². The van der Waals surface area contributed by atoms with Crippen molar-refractivity contribution in [2.75, 3.05) is 13.1 Å². The molecule has 4 rings (SSSR count). The number of benzene rings is 1. The first kappa shape index (κ1) is 17.6. The third kappa shape index (κ3) is 3.04. The van der Waals surface area contributed by atoms with Crippen LogP contribution in [0.5, 0.6) is 0 Å². The van der Waals surface area contributed by atoms with Crippen LogP contribution in [-0.2, 0) is 0 Å². The summed E-state index contributed by atoms with van der Waals surface area (Å²) in [5, 5.41) is 5.38. The van der Waals surface area contributed by atoms with E-state index >= 15 is 0 Å². The van der Waals surface area contributed by atoms with Crippen molar-refractivity contribution in [1.82, 2.24) is 15.3 Å². The first-order chi connectivity index (χ1) is 12.6. The van der Waals surface area contributed by atoms with Crippen molar-refractivity contribution in [1.29, 1.82) is 0 Å². The minimum absolute atomic E-state index is 0.424. The van der Waals surface area contributed by atoms with Crippen molar-refractivity contribution >= 4 is 22.5 Å². The smallest absolute Gasteiger partial charge is 0.132 e. The van der Waals surface area contributed by atoms with Gasteiger partial charge in [-0.25, -0.2) is 4.98 Å². The van der Waals surface area contributed by atoms with Gasteiger partial charge < -0.3 is 10.3 Å². The molecule has 0 spiro atoms. The van der Waals surface area contributed by atoms with Gasteiger partial charge in [-0.15, -0.1) is 0 Å². The zero-order chi connectivity index (χ0) is 18.3. The summed E-state index contributed by atoms with van der Waals surface area (Å²) < 4.78 is 0. The standard InChI is InChI=1S/C22H26ClN3/c1-13(2)20-18-12-16(15-6-9-24-10-7-15)4-5-19(18)26-21(20)17-8-11-25-22(23)14(17)3/h4-5,8,11-13,15,24,26H,6-7,9-10H2,1-3H3. The summed E-state index contributed by atoms with van der Waals surface area (Å²) in [6, 6.07) is 9.03. The highest BCUT2D eigenvalue weighted by atomic mass is 35.5. The monoisotopic (exact) mass is 367 g/mol. The Bertz CT molecular complexity index is 936. The molecule has 0 saturated carbocycles. The number of aromatic nitrogens is 2. The molecule has 26 heavy (non-hydrogen) atoms. The highest BCUT2D eigenvalue weighted by molar-refractivity contribution is 6.30. The Hall–Kier alpha value is -1.84. The van der Waals surface area contributed by atoms with E-state index in [1.807, 2.05) is 6.92 Å². The predicted molar refractivity (Wildman–Crippen MR) is 110 cm³/mol. The summed E-state index contributed by atoms with van der Waals surface area (Å²) in [7, 11) is 0. The lowest BCUT2D eigenvalue weighted by Gasteiger charge is -2.23. The topological polar surface area (TPSA) is 40.7 Å². The summed E-state index contributed by atoms with van der Waals surface area (Å²) in [6.07, 6.45) is 4.23. The third-order valence-corrected chi connectivity index (χ3v) is 6.04. The number of fused-ring (bicyclic) bond motifs is 1. The number of piperidine rings is 1. The van der Waals surface area contributed by atoms with Crippen molar-refractivity contribution in [3.63, 3.8) is 0 Å². The second-order valence-corrected chi connectivity index (χ2v) is 8.03. The second-order valence-electron chi connectivity index (χ2n) is 7.67. The maximum Gasteiger partial charge on any atom is 0.132 e. The Balaban J connectivity index is 1.89. The molecule has 3 heterocycles. The molecule has 1 saturated heterocycles. The molecular weight excluding hydrogens is 342 g/mol. The molecular formula is C22H26ClN3. The molecule has 4 heteroatoms. The number of rotatable bonds is 3. The van der Waals surface area contributed by atoms with Crippen LogP contribution in [0.1, 0.15) is 55.2 Å². The predicted octanol–water partition coefficient (Wildman–Crippen LogP) is 5.78. The van der Waals surface area contributed by atoms with Gasteiger partial charge in [0.05, 0.1) is 5.69 Å². The maximum atomic E-state index is 6.29. The zero-order valence-corrected chi connectivity index (χ0v) is 16.5. The third-order valence-electron chi connectivity index (χ3n) is 5.66. The Morgan fingerprint density at radius 3 is 2.65 bits per heavy atom. The van der Waals surface area contributed by atoms with Crippen LogP contribution in [0.25, 0.3) is 22.2 Å². The molecule has 0 atom stereocenters. The Kier molecular flexibility index (Phi) is 4.76. The first-order valence-corrected chi connectivity index (χ1v) is 9.91. The summed E-state index contributed by atoms with van der Waals surface area (Å²) in [4.78, 5) is 7.88. The van der Waals surface area contributed by atoms with Gasteiger partial charge in [0.25, 0.3) is 0 Å². The molecule has 1 aliphatic heterocycles. The van der Waals surface area contributed by atoms with E-state index in [4.69, 9.17) is 11.6 Å². The van der Waals surface area contributed by atoms with Gasteiger partial charge in [-0.3, -0.25) is 0 Å². The molecule has 1 aliphatic rings. The Morgan fingerprint density at radius 2 is 1.92 bits per heavy atom. The fraction of sp³-hybridized carbons (Fsp3) is 0.409. The number of nitrogens with zero attached hydrogens (tertiary/aromatic N) is 1. The van der Waals surface area contributed by atoms with Crippen LogP contribution in [0.4, 0.5) is 0 Å². The molecule has 1 fully saturated rings. The number of hydrogen-bond acceptors (Lipinski definition) is 2. The molecule has 2 aromatic heterocycles. The molecule has 0 radical (unpaired) electrons. The summed E-state index contributed by atoms with van der Waals surface area (Å²) >= 11 is 6.29. The van der Waals surface area contributed by atoms with Crippen molar-refractivity contribution in [3.05, 3.63) is 52.3 Å². The number of hydrogen-bond donors (Lipinski definition) is 2. The lowest BCUT2D eigenvalue weighted by atomic mass is 9.88. The van der Waals surface area contributed by atoms with Gasteiger partial charge in [0.2, 0.25) is 0 Å². The van der Waals surface area contributed by atoms with Crippen LogP contribution in [-0.4, -0.2) is 23.1 Å². The van der Waals surface area contributed by atoms with E-state index < -0.39 is 0 Å². The fourth-order valence-corrected chi connectivity index (χ4v) is 4.39. The molecule has 0 bridgehead atoms. The van der Waals surface area contributed by atoms with Gasteiger partial charge in [-0.05, 0) is 79.6 Å². The molecule has 3 aromatic rings. The van der Waals surface area contributed by atoms with Crippen molar-refractivity contribution in [3.8, 4) is 11.3 Å².